The van der Waals surface area contributed by atoms with Crippen LogP contribution >= 0.6 is 12.6 Å². The fraction of sp³-hybridized carbons (Fsp3) is 0.125. The average Bonchev–Trinajstić information content (AvgIpc) is 1.94. The van der Waals surface area contributed by atoms with Crippen LogP contribution in [0.3, 0.4) is 0 Å². The monoisotopic (exact) mass is 169 g/mol. The first-order valence-corrected chi connectivity index (χ1v) is 3.60. The molecule has 0 spiro atoms. The molecule has 11 heavy (non-hydrogen) atoms. The molecule has 0 aliphatic carbocycles. The van der Waals surface area contributed by atoms with Crippen LogP contribution < -0.4 is 0 Å². The van der Waals surface area contributed by atoms with Crippen molar-refractivity contribution in [1.29, 1.82) is 5.41 Å². The molecule has 1 nitrogen and oxygen atoms in total. The van der Waals surface area contributed by atoms with Gasteiger partial charge in [-0.15, -0.1) is 12.6 Å². The Hall–Kier alpha value is -0.830. The molecule has 3 heteroatoms. The molecule has 0 fully saturated rings. The minimum Gasteiger partial charge on any atom is -0.305 e. The van der Waals surface area contributed by atoms with Crippen molar-refractivity contribution in [1.82, 2.24) is 0 Å². The fourth-order valence-electron chi connectivity index (χ4n) is 0.809. The summed E-state index contributed by atoms with van der Waals surface area (Å²) < 4.78 is 12.6. The quantitative estimate of drug-likeness (QED) is 0.477. The summed E-state index contributed by atoms with van der Waals surface area (Å²) in [5, 5.41) is 7.26. The molecular weight excluding hydrogens is 161 g/mol. The van der Waals surface area contributed by atoms with Crippen LogP contribution in [0.2, 0.25) is 0 Å². The summed E-state index contributed by atoms with van der Waals surface area (Å²) in [6.07, 6.45) is 0. The predicted molar refractivity (Wildman–Crippen MR) is 46.2 cm³/mol. The summed E-state index contributed by atoms with van der Waals surface area (Å²) in [5.41, 5.74) is 0.878. The molecule has 1 aromatic rings. The highest BCUT2D eigenvalue weighted by molar-refractivity contribution is 7.80. The Balaban J connectivity index is 3.23. The molecule has 0 aromatic heterocycles. The molecule has 58 valence electrons. The van der Waals surface area contributed by atoms with E-state index >= 15 is 0 Å². The molecule has 0 saturated heterocycles. The van der Waals surface area contributed by atoms with E-state index in [1.807, 2.05) is 0 Å². The van der Waals surface area contributed by atoms with Crippen LogP contribution in [-0.4, -0.2) is 5.71 Å². The maximum atomic E-state index is 12.6. The summed E-state index contributed by atoms with van der Waals surface area (Å²) in [5.74, 6) is -0.329. The maximum absolute atomic E-state index is 12.6. The van der Waals surface area contributed by atoms with E-state index in [0.29, 0.717) is 16.2 Å². The second-order valence-electron chi connectivity index (χ2n) is 2.29. The summed E-state index contributed by atoms with van der Waals surface area (Å²) in [6, 6.07) is 4.19. The normalized spacial score (nSPS) is 9.73. The number of rotatable bonds is 1. The van der Waals surface area contributed by atoms with Gasteiger partial charge in [0, 0.05) is 16.2 Å². The molecule has 0 bridgehead atoms. The van der Waals surface area contributed by atoms with Crippen LogP contribution in [0.1, 0.15) is 12.5 Å². The first-order chi connectivity index (χ1) is 5.11. The summed E-state index contributed by atoms with van der Waals surface area (Å²) in [7, 11) is 0. The van der Waals surface area contributed by atoms with Crippen molar-refractivity contribution in [3.8, 4) is 0 Å². The lowest BCUT2D eigenvalue weighted by Crippen LogP contribution is -1.94. The third-order valence-corrected chi connectivity index (χ3v) is 1.75. The van der Waals surface area contributed by atoms with Gasteiger partial charge in [0.05, 0.1) is 0 Å². The minimum absolute atomic E-state index is 0.328. The van der Waals surface area contributed by atoms with Crippen molar-refractivity contribution >= 4 is 18.3 Å². The Kier molecular flexibility index (Phi) is 2.29. The Morgan fingerprint density at radius 1 is 1.55 bits per heavy atom. The van der Waals surface area contributed by atoms with Crippen molar-refractivity contribution < 1.29 is 4.39 Å². The molecular formula is C8H8FNS. The van der Waals surface area contributed by atoms with E-state index in [1.54, 1.807) is 13.0 Å². The van der Waals surface area contributed by atoms with Gasteiger partial charge in [0.2, 0.25) is 0 Å². The molecule has 1 rings (SSSR count). The van der Waals surface area contributed by atoms with E-state index in [2.05, 4.69) is 12.6 Å². The van der Waals surface area contributed by atoms with Crippen LogP contribution in [0, 0.1) is 11.2 Å². The van der Waals surface area contributed by atoms with Crippen LogP contribution in [0.25, 0.3) is 0 Å². The number of benzene rings is 1. The second-order valence-corrected chi connectivity index (χ2v) is 2.77. The highest BCUT2D eigenvalue weighted by Gasteiger charge is 2.01. The SMILES string of the molecule is CC(=N)c1cc(F)ccc1S. The Labute approximate surface area is 70.2 Å². The van der Waals surface area contributed by atoms with Crippen molar-refractivity contribution in [3.63, 3.8) is 0 Å². The number of hydrogen-bond donors (Lipinski definition) is 2. The Morgan fingerprint density at radius 2 is 2.18 bits per heavy atom. The molecule has 0 aliphatic rings. The Bertz CT molecular complexity index is 296. The highest BCUT2D eigenvalue weighted by atomic mass is 32.1. The molecule has 0 unspecified atom stereocenters. The van der Waals surface area contributed by atoms with Gasteiger partial charge in [-0.2, -0.15) is 0 Å². The molecule has 0 heterocycles. The van der Waals surface area contributed by atoms with Gasteiger partial charge >= 0.3 is 0 Å². The van der Waals surface area contributed by atoms with Crippen LogP contribution in [-0.2, 0) is 0 Å². The Morgan fingerprint density at radius 3 is 2.64 bits per heavy atom. The highest BCUT2D eigenvalue weighted by Crippen LogP contribution is 2.15. The standard InChI is InChI=1S/C8H8FNS/c1-5(10)7-4-6(9)2-3-8(7)11/h2-4,10-11H,1H3. The van der Waals surface area contributed by atoms with Crippen molar-refractivity contribution in [3.05, 3.63) is 29.6 Å². The number of hydrogen-bond acceptors (Lipinski definition) is 2. The summed E-state index contributed by atoms with van der Waals surface area (Å²) in [6.45, 7) is 1.61. The predicted octanol–water partition coefficient (Wildman–Crippen LogP) is 2.50. The third kappa shape index (κ3) is 1.80. The number of thiol groups is 1. The van der Waals surface area contributed by atoms with Crippen LogP contribution in [0.4, 0.5) is 4.39 Å². The zero-order chi connectivity index (χ0) is 8.43. The van der Waals surface area contributed by atoms with Crippen LogP contribution in [0.15, 0.2) is 23.1 Å². The van der Waals surface area contributed by atoms with Crippen LogP contribution in [0.5, 0.6) is 0 Å². The van der Waals surface area contributed by atoms with Gasteiger partial charge < -0.3 is 5.41 Å². The first-order valence-electron chi connectivity index (χ1n) is 3.15. The van der Waals surface area contributed by atoms with E-state index in [4.69, 9.17) is 5.41 Å². The zero-order valence-electron chi connectivity index (χ0n) is 6.06. The molecule has 0 amide bonds. The topological polar surface area (TPSA) is 23.9 Å². The smallest absolute Gasteiger partial charge is 0.123 e. The second kappa shape index (κ2) is 3.05. The van der Waals surface area contributed by atoms with E-state index in [0.717, 1.165) is 0 Å². The van der Waals surface area contributed by atoms with Crippen molar-refractivity contribution in [2.24, 2.45) is 0 Å². The summed E-state index contributed by atoms with van der Waals surface area (Å²) in [4.78, 5) is 0.638. The lowest BCUT2D eigenvalue weighted by atomic mass is 10.1. The van der Waals surface area contributed by atoms with E-state index in [-0.39, 0.29) is 5.82 Å². The molecule has 1 aromatic carbocycles. The van der Waals surface area contributed by atoms with E-state index in [9.17, 15) is 4.39 Å². The molecule has 1 N–H and O–H groups in total. The van der Waals surface area contributed by atoms with Gasteiger partial charge in [-0.1, -0.05) is 0 Å². The zero-order valence-corrected chi connectivity index (χ0v) is 6.95. The lowest BCUT2D eigenvalue weighted by molar-refractivity contribution is 0.626. The molecule has 0 saturated carbocycles. The van der Waals surface area contributed by atoms with E-state index in [1.165, 1.54) is 12.1 Å². The summed E-state index contributed by atoms with van der Waals surface area (Å²) >= 11 is 4.08. The van der Waals surface area contributed by atoms with Crippen molar-refractivity contribution in [2.45, 2.75) is 11.8 Å². The van der Waals surface area contributed by atoms with Gasteiger partial charge in [0.1, 0.15) is 5.82 Å². The van der Waals surface area contributed by atoms with Gasteiger partial charge in [-0.05, 0) is 25.1 Å². The van der Waals surface area contributed by atoms with Gasteiger partial charge in [0.15, 0.2) is 0 Å². The lowest BCUT2D eigenvalue weighted by Gasteiger charge is -2.01. The largest absolute Gasteiger partial charge is 0.305 e. The van der Waals surface area contributed by atoms with Gasteiger partial charge in [-0.25, -0.2) is 4.39 Å². The van der Waals surface area contributed by atoms with Gasteiger partial charge in [0.25, 0.3) is 0 Å². The van der Waals surface area contributed by atoms with Crippen molar-refractivity contribution in [2.75, 3.05) is 0 Å². The molecule has 0 aliphatic heterocycles. The van der Waals surface area contributed by atoms with E-state index < -0.39 is 0 Å². The third-order valence-electron chi connectivity index (χ3n) is 1.36. The average molecular weight is 169 g/mol. The molecule has 0 radical (unpaired) electrons. The number of nitrogens with one attached hydrogen (secondary N) is 1. The number of halogens is 1. The van der Waals surface area contributed by atoms with Gasteiger partial charge in [-0.3, -0.25) is 0 Å². The fourth-order valence-corrected chi connectivity index (χ4v) is 1.12. The first kappa shape index (κ1) is 8.27. The molecule has 0 atom stereocenters. The minimum atomic E-state index is -0.329. The maximum Gasteiger partial charge on any atom is 0.123 e.